The standard InChI is InChI=1S/C17H16N2O/c1-11-7-6-8-12(2)16(11)19-13(3)18-15-10-5-4-9-14(15)17(19)20/h4-10H,1-3H3. The van der Waals surface area contributed by atoms with Gasteiger partial charge in [-0.2, -0.15) is 0 Å². The Hall–Kier alpha value is -2.42. The van der Waals surface area contributed by atoms with Crippen LogP contribution in [0.4, 0.5) is 0 Å². The second-order valence-electron chi connectivity index (χ2n) is 5.06. The minimum atomic E-state index is -0.00880. The van der Waals surface area contributed by atoms with Crippen molar-refractivity contribution in [2.45, 2.75) is 20.8 Å². The summed E-state index contributed by atoms with van der Waals surface area (Å²) in [5.74, 6) is 0.714. The van der Waals surface area contributed by atoms with Gasteiger partial charge in [0.15, 0.2) is 0 Å². The topological polar surface area (TPSA) is 34.9 Å². The lowest BCUT2D eigenvalue weighted by atomic mass is 10.1. The minimum Gasteiger partial charge on any atom is -0.268 e. The predicted molar refractivity (Wildman–Crippen MR) is 81.6 cm³/mol. The van der Waals surface area contributed by atoms with Crippen LogP contribution in [0.25, 0.3) is 16.6 Å². The summed E-state index contributed by atoms with van der Waals surface area (Å²) in [4.78, 5) is 17.3. The van der Waals surface area contributed by atoms with Crippen molar-refractivity contribution in [3.63, 3.8) is 0 Å². The first-order valence-electron chi connectivity index (χ1n) is 6.64. The van der Waals surface area contributed by atoms with E-state index in [4.69, 9.17) is 0 Å². The molecule has 3 rings (SSSR count). The Morgan fingerprint density at radius 3 is 2.25 bits per heavy atom. The van der Waals surface area contributed by atoms with E-state index in [1.165, 1.54) is 0 Å². The molecule has 0 saturated heterocycles. The van der Waals surface area contributed by atoms with E-state index in [1.54, 1.807) is 4.57 Å². The average Bonchev–Trinajstić information content (AvgIpc) is 2.42. The molecule has 3 heteroatoms. The number of fused-ring (bicyclic) bond motifs is 1. The van der Waals surface area contributed by atoms with Gasteiger partial charge >= 0.3 is 0 Å². The summed E-state index contributed by atoms with van der Waals surface area (Å²) in [6.07, 6.45) is 0. The monoisotopic (exact) mass is 264 g/mol. The van der Waals surface area contributed by atoms with E-state index in [0.29, 0.717) is 11.2 Å². The molecule has 0 spiro atoms. The molecule has 1 aromatic heterocycles. The maximum Gasteiger partial charge on any atom is 0.265 e. The number of nitrogens with zero attached hydrogens (tertiary/aromatic N) is 2. The van der Waals surface area contributed by atoms with Gasteiger partial charge in [0.25, 0.3) is 5.56 Å². The fourth-order valence-electron chi connectivity index (χ4n) is 2.67. The van der Waals surface area contributed by atoms with Crippen molar-refractivity contribution < 1.29 is 0 Å². The summed E-state index contributed by atoms with van der Waals surface area (Å²) in [5.41, 5.74) is 3.83. The molecular weight excluding hydrogens is 248 g/mol. The van der Waals surface area contributed by atoms with Gasteiger partial charge in [-0.15, -0.1) is 0 Å². The molecule has 0 radical (unpaired) electrons. The minimum absolute atomic E-state index is 0.00880. The largest absolute Gasteiger partial charge is 0.268 e. The number of para-hydroxylation sites is 2. The van der Waals surface area contributed by atoms with Crippen LogP contribution in [-0.2, 0) is 0 Å². The lowest BCUT2D eigenvalue weighted by molar-refractivity contribution is 0.880. The Morgan fingerprint density at radius 2 is 1.55 bits per heavy atom. The third kappa shape index (κ3) is 1.83. The van der Waals surface area contributed by atoms with Crippen LogP contribution >= 0.6 is 0 Å². The van der Waals surface area contributed by atoms with Crippen LogP contribution in [0.2, 0.25) is 0 Å². The summed E-state index contributed by atoms with van der Waals surface area (Å²) in [6, 6.07) is 13.5. The molecule has 0 N–H and O–H groups in total. The van der Waals surface area contributed by atoms with Gasteiger partial charge in [0.2, 0.25) is 0 Å². The fourth-order valence-corrected chi connectivity index (χ4v) is 2.67. The highest BCUT2D eigenvalue weighted by Crippen LogP contribution is 2.19. The molecular formula is C17H16N2O. The number of aromatic nitrogens is 2. The first-order valence-corrected chi connectivity index (χ1v) is 6.64. The molecule has 100 valence electrons. The molecule has 0 aliphatic heterocycles. The molecule has 0 bridgehead atoms. The van der Waals surface area contributed by atoms with Gasteiger partial charge < -0.3 is 0 Å². The SMILES string of the molecule is Cc1cccc(C)c1-n1c(C)nc2ccccc2c1=O. The quantitative estimate of drug-likeness (QED) is 0.676. The van der Waals surface area contributed by atoms with Crippen molar-refractivity contribution in [2.24, 2.45) is 0 Å². The Bertz CT molecular complexity index is 842. The highest BCUT2D eigenvalue weighted by molar-refractivity contribution is 5.78. The van der Waals surface area contributed by atoms with Crippen molar-refractivity contribution in [1.29, 1.82) is 0 Å². The van der Waals surface area contributed by atoms with Crippen molar-refractivity contribution in [1.82, 2.24) is 9.55 Å². The molecule has 0 fully saturated rings. The average molecular weight is 264 g/mol. The lowest BCUT2D eigenvalue weighted by Crippen LogP contribution is -2.23. The van der Waals surface area contributed by atoms with Gasteiger partial charge in [0.05, 0.1) is 16.6 Å². The summed E-state index contributed by atoms with van der Waals surface area (Å²) in [5, 5.41) is 0.653. The van der Waals surface area contributed by atoms with Crippen molar-refractivity contribution >= 4 is 10.9 Å². The van der Waals surface area contributed by atoms with Crippen LogP contribution in [-0.4, -0.2) is 9.55 Å². The van der Waals surface area contributed by atoms with E-state index >= 15 is 0 Å². The zero-order chi connectivity index (χ0) is 14.3. The van der Waals surface area contributed by atoms with E-state index in [2.05, 4.69) is 4.98 Å². The van der Waals surface area contributed by atoms with Crippen molar-refractivity contribution in [3.05, 3.63) is 69.8 Å². The summed E-state index contributed by atoms with van der Waals surface area (Å²) >= 11 is 0. The summed E-state index contributed by atoms with van der Waals surface area (Å²) in [6.45, 7) is 5.91. The molecule has 0 aliphatic carbocycles. The second kappa shape index (κ2) is 4.60. The molecule has 1 heterocycles. The Balaban J connectivity index is 2.46. The van der Waals surface area contributed by atoms with Crippen LogP contribution in [0.5, 0.6) is 0 Å². The first-order chi connectivity index (χ1) is 9.59. The number of hydrogen-bond donors (Lipinski definition) is 0. The van der Waals surface area contributed by atoms with Crippen LogP contribution < -0.4 is 5.56 Å². The molecule has 0 amide bonds. The lowest BCUT2D eigenvalue weighted by Gasteiger charge is -2.15. The van der Waals surface area contributed by atoms with E-state index in [1.807, 2.05) is 63.2 Å². The van der Waals surface area contributed by atoms with Crippen molar-refractivity contribution in [3.8, 4) is 5.69 Å². The van der Waals surface area contributed by atoms with Gasteiger partial charge in [0, 0.05) is 0 Å². The van der Waals surface area contributed by atoms with E-state index in [9.17, 15) is 4.79 Å². The molecule has 20 heavy (non-hydrogen) atoms. The highest BCUT2D eigenvalue weighted by atomic mass is 16.1. The number of benzene rings is 2. The number of aryl methyl sites for hydroxylation is 3. The Labute approximate surface area is 117 Å². The summed E-state index contributed by atoms with van der Waals surface area (Å²) < 4.78 is 1.72. The third-order valence-corrected chi connectivity index (χ3v) is 3.61. The third-order valence-electron chi connectivity index (χ3n) is 3.61. The van der Waals surface area contributed by atoms with Crippen LogP contribution in [0.3, 0.4) is 0 Å². The Morgan fingerprint density at radius 1 is 0.900 bits per heavy atom. The summed E-state index contributed by atoms with van der Waals surface area (Å²) in [7, 11) is 0. The van der Waals surface area contributed by atoms with Gasteiger partial charge in [0.1, 0.15) is 5.82 Å². The van der Waals surface area contributed by atoms with Gasteiger partial charge in [-0.1, -0.05) is 30.3 Å². The predicted octanol–water partition coefficient (Wildman–Crippen LogP) is 3.31. The molecule has 3 aromatic rings. The van der Waals surface area contributed by atoms with Gasteiger partial charge in [-0.3, -0.25) is 9.36 Å². The maximum atomic E-state index is 12.8. The fraction of sp³-hybridized carbons (Fsp3) is 0.176. The second-order valence-corrected chi connectivity index (χ2v) is 5.06. The molecule has 2 aromatic carbocycles. The number of hydrogen-bond acceptors (Lipinski definition) is 2. The van der Waals surface area contributed by atoms with Gasteiger partial charge in [-0.25, -0.2) is 4.98 Å². The smallest absolute Gasteiger partial charge is 0.265 e. The van der Waals surface area contributed by atoms with Crippen molar-refractivity contribution in [2.75, 3.05) is 0 Å². The van der Waals surface area contributed by atoms with E-state index < -0.39 is 0 Å². The normalized spacial score (nSPS) is 10.9. The number of rotatable bonds is 1. The molecule has 3 nitrogen and oxygen atoms in total. The zero-order valence-corrected chi connectivity index (χ0v) is 11.8. The van der Waals surface area contributed by atoms with Crippen LogP contribution in [0, 0.1) is 20.8 Å². The van der Waals surface area contributed by atoms with Crippen LogP contribution in [0.1, 0.15) is 17.0 Å². The van der Waals surface area contributed by atoms with E-state index in [0.717, 1.165) is 22.3 Å². The first kappa shape index (κ1) is 12.6. The molecule has 0 unspecified atom stereocenters. The molecule has 0 aliphatic rings. The molecule has 0 atom stereocenters. The molecule has 0 saturated carbocycles. The highest BCUT2D eigenvalue weighted by Gasteiger charge is 2.12. The Kier molecular flexibility index (Phi) is 2.90. The van der Waals surface area contributed by atoms with Gasteiger partial charge in [-0.05, 0) is 44.0 Å². The van der Waals surface area contributed by atoms with Crippen LogP contribution in [0.15, 0.2) is 47.3 Å². The van der Waals surface area contributed by atoms with E-state index in [-0.39, 0.29) is 5.56 Å². The maximum absolute atomic E-state index is 12.8. The zero-order valence-electron chi connectivity index (χ0n) is 11.8.